The first-order valence-electron chi connectivity index (χ1n) is 6.48. The van der Waals surface area contributed by atoms with E-state index in [0.29, 0.717) is 6.42 Å². The monoisotopic (exact) mass is 233 g/mol. The zero-order valence-electron chi connectivity index (χ0n) is 11.4. The summed E-state index contributed by atoms with van der Waals surface area (Å²) in [6, 6.07) is 8.45. The smallest absolute Gasteiger partial charge is 0.226 e. The fourth-order valence-corrected chi connectivity index (χ4v) is 2.14. The minimum Gasteiger partial charge on any atom is -0.310 e. The maximum Gasteiger partial charge on any atom is 0.226 e. The minimum absolute atomic E-state index is 0.205. The average molecular weight is 233 g/mol. The van der Waals surface area contributed by atoms with Gasteiger partial charge in [-0.1, -0.05) is 32.4 Å². The van der Waals surface area contributed by atoms with Gasteiger partial charge in [-0.2, -0.15) is 0 Å². The molecule has 0 saturated heterocycles. The van der Waals surface area contributed by atoms with E-state index in [1.54, 1.807) is 0 Å². The van der Waals surface area contributed by atoms with Crippen LogP contribution in [0.1, 0.15) is 45.6 Å². The lowest BCUT2D eigenvalue weighted by atomic mass is 10.1. The first-order valence-corrected chi connectivity index (χ1v) is 6.48. The van der Waals surface area contributed by atoms with E-state index in [1.165, 1.54) is 5.56 Å². The third-order valence-electron chi connectivity index (χ3n) is 3.00. The third kappa shape index (κ3) is 3.58. The Morgan fingerprint density at radius 3 is 2.59 bits per heavy atom. The van der Waals surface area contributed by atoms with Crippen molar-refractivity contribution in [3.05, 3.63) is 29.8 Å². The molecule has 1 aromatic rings. The molecular formula is C15H23NO. The molecule has 94 valence electrons. The van der Waals surface area contributed by atoms with E-state index in [9.17, 15) is 4.79 Å². The predicted octanol–water partition coefficient (Wildman–Crippen LogP) is 3.93. The molecule has 2 heteroatoms. The van der Waals surface area contributed by atoms with E-state index in [0.717, 1.165) is 18.5 Å². The molecule has 0 aliphatic heterocycles. The fraction of sp³-hybridized carbons (Fsp3) is 0.533. The molecule has 0 radical (unpaired) electrons. The van der Waals surface area contributed by atoms with E-state index in [2.05, 4.69) is 32.9 Å². The second-order valence-corrected chi connectivity index (χ2v) is 4.59. The Hall–Kier alpha value is -1.31. The van der Waals surface area contributed by atoms with Gasteiger partial charge in [0.15, 0.2) is 0 Å². The number of hydrogen-bond donors (Lipinski definition) is 0. The number of anilines is 1. The van der Waals surface area contributed by atoms with E-state index in [-0.39, 0.29) is 11.9 Å². The van der Waals surface area contributed by atoms with Crippen LogP contribution in [0.25, 0.3) is 0 Å². The van der Waals surface area contributed by atoms with Crippen molar-refractivity contribution in [2.45, 2.75) is 53.0 Å². The maximum atomic E-state index is 12.1. The van der Waals surface area contributed by atoms with Gasteiger partial charge in [0.05, 0.1) is 0 Å². The summed E-state index contributed by atoms with van der Waals surface area (Å²) in [6.07, 6.45) is 2.70. The fourth-order valence-electron chi connectivity index (χ4n) is 2.14. The third-order valence-corrected chi connectivity index (χ3v) is 3.00. The minimum atomic E-state index is 0.205. The molecule has 1 aromatic carbocycles. The van der Waals surface area contributed by atoms with Crippen molar-refractivity contribution in [3.63, 3.8) is 0 Å². The molecule has 0 heterocycles. The highest BCUT2D eigenvalue weighted by Gasteiger charge is 2.19. The molecule has 0 bridgehead atoms. The molecule has 0 spiro atoms. The highest BCUT2D eigenvalue weighted by Crippen LogP contribution is 2.21. The van der Waals surface area contributed by atoms with Crippen LogP contribution >= 0.6 is 0 Å². The lowest BCUT2D eigenvalue weighted by Crippen LogP contribution is -2.38. The molecule has 0 aromatic heterocycles. The Kier molecular flexibility index (Phi) is 5.20. The van der Waals surface area contributed by atoms with Gasteiger partial charge in [-0.05, 0) is 38.0 Å². The Morgan fingerprint density at radius 1 is 1.35 bits per heavy atom. The van der Waals surface area contributed by atoms with Crippen molar-refractivity contribution >= 4 is 11.6 Å². The molecule has 0 aliphatic carbocycles. The van der Waals surface area contributed by atoms with Gasteiger partial charge in [-0.3, -0.25) is 4.79 Å². The summed E-state index contributed by atoms with van der Waals surface area (Å²) in [4.78, 5) is 14.0. The summed E-state index contributed by atoms with van der Waals surface area (Å²) < 4.78 is 0. The van der Waals surface area contributed by atoms with Gasteiger partial charge in [-0.15, -0.1) is 0 Å². The molecule has 1 amide bonds. The van der Waals surface area contributed by atoms with E-state index in [1.807, 2.05) is 24.0 Å². The Labute approximate surface area is 105 Å². The lowest BCUT2D eigenvalue weighted by Gasteiger charge is -2.29. The van der Waals surface area contributed by atoms with Crippen LogP contribution in [0, 0.1) is 6.92 Å². The maximum absolute atomic E-state index is 12.1. The van der Waals surface area contributed by atoms with E-state index < -0.39 is 0 Å². The Bertz CT molecular complexity index is 373. The molecule has 17 heavy (non-hydrogen) atoms. The number of carbonyl (C=O) groups is 1. The van der Waals surface area contributed by atoms with Crippen molar-refractivity contribution < 1.29 is 4.79 Å². The average Bonchev–Trinajstić information content (AvgIpc) is 2.29. The number of hydrogen-bond acceptors (Lipinski definition) is 1. The van der Waals surface area contributed by atoms with Gasteiger partial charge in [0.25, 0.3) is 0 Å². The van der Waals surface area contributed by atoms with Crippen LogP contribution in [-0.2, 0) is 4.79 Å². The summed E-state index contributed by atoms with van der Waals surface area (Å²) in [6.45, 7) is 8.26. The summed E-state index contributed by atoms with van der Waals surface area (Å²) in [7, 11) is 0. The highest BCUT2D eigenvalue weighted by molar-refractivity contribution is 5.93. The summed E-state index contributed by atoms with van der Waals surface area (Å²) in [5, 5.41) is 0. The Balaban J connectivity index is 3.01. The second kappa shape index (κ2) is 6.43. The topological polar surface area (TPSA) is 20.3 Å². The van der Waals surface area contributed by atoms with Crippen molar-refractivity contribution in [2.75, 3.05) is 4.90 Å². The summed E-state index contributed by atoms with van der Waals surface area (Å²) >= 11 is 0. The van der Waals surface area contributed by atoms with Crippen molar-refractivity contribution in [2.24, 2.45) is 0 Å². The molecule has 1 rings (SSSR count). The molecule has 0 fully saturated rings. The van der Waals surface area contributed by atoms with Crippen molar-refractivity contribution in [1.82, 2.24) is 0 Å². The second-order valence-electron chi connectivity index (χ2n) is 4.59. The van der Waals surface area contributed by atoms with Gasteiger partial charge in [0.2, 0.25) is 5.91 Å². The molecule has 1 atom stereocenters. The van der Waals surface area contributed by atoms with Crippen LogP contribution in [-0.4, -0.2) is 11.9 Å². The molecule has 1 unspecified atom stereocenters. The quantitative estimate of drug-likeness (QED) is 0.754. The van der Waals surface area contributed by atoms with Crippen molar-refractivity contribution in [3.8, 4) is 0 Å². The first kappa shape index (κ1) is 13.8. The molecule has 0 saturated carbocycles. The van der Waals surface area contributed by atoms with E-state index in [4.69, 9.17) is 0 Å². The van der Waals surface area contributed by atoms with Crippen molar-refractivity contribution in [1.29, 1.82) is 0 Å². The normalized spacial score (nSPS) is 12.2. The first-order chi connectivity index (χ1) is 8.10. The van der Waals surface area contributed by atoms with Gasteiger partial charge in [0.1, 0.15) is 0 Å². The predicted molar refractivity (Wildman–Crippen MR) is 73.3 cm³/mol. The largest absolute Gasteiger partial charge is 0.310 e. The molecular weight excluding hydrogens is 210 g/mol. The lowest BCUT2D eigenvalue weighted by molar-refractivity contribution is -0.118. The Morgan fingerprint density at radius 2 is 2.06 bits per heavy atom. The van der Waals surface area contributed by atoms with Gasteiger partial charge in [0, 0.05) is 18.2 Å². The number of benzene rings is 1. The number of rotatable bonds is 5. The number of nitrogens with zero attached hydrogens (tertiary/aromatic N) is 1. The summed E-state index contributed by atoms with van der Waals surface area (Å²) in [5.74, 6) is 0.205. The number of carbonyl (C=O) groups excluding carboxylic acids is 1. The van der Waals surface area contributed by atoms with E-state index >= 15 is 0 Å². The number of aryl methyl sites for hydroxylation is 1. The highest BCUT2D eigenvalue weighted by atomic mass is 16.2. The molecule has 0 aliphatic rings. The van der Waals surface area contributed by atoms with Crippen LogP contribution < -0.4 is 4.90 Å². The zero-order valence-corrected chi connectivity index (χ0v) is 11.4. The van der Waals surface area contributed by atoms with Crippen LogP contribution in [0.2, 0.25) is 0 Å². The van der Waals surface area contributed by atoms with Gasteiger partial charge >= 0.3 is 0 Å². The standard InChI is InChI=1S/C15H23NO/c1-5-8-13(4)16(15(17)6-2)14-10-7-9-12(3)11-14/h7,9-11,13H,5-6,8H2,1-4H3. The zero-order chi connectivity index (χ0) is 12.8. The molecule has 0 N–H and O–H groups in total. The van der Waals surface area contributed by atoms with Crippen LogP contribution in [0.15, 0.2) is 24.3 Å². The number of amides is 1. The molecule has 2 nitrogen and oxygen atoms in total. The van der Waals surface area contributed by atoms with Gasteiger partial charge < -0.3 is 4.90 Å². The SMILES string of the molecule is CCCC(C)N(C(=O)CC)c1cccc(C)c1. The van der Waals surface area contributed by atoms with Gasteiger partial charge in [-0.25, -0.2) is 0 Å². The van der Waals surface area contributed by atoms with Crippen LogP contribution in [0.5, 0.6) is 0 Å². The van der Waals surface area contributed by atoms with Crippen LogP contribution in [0.3, 0.4) is 0 Å². The van der Waals surface area contributed by atoms with Crippen LogP contribution in [0.4, 0.5) is 5.69 Å². The summed E-state index contributed by atoms with van der Waals surface area (Å²) in [5.41, 5.74) is 2.22.